The molecule has 36 heavy (non-hydrogen) atoms. The van der Waals surface area contributed by atoms with Crippen molar-refractivity contribution < 1.29 is 23.9 Å². The molecule has 2 N–H and O–H groups in total. The lowest BCUT2D eigenvalue weighted by Gasteiger charge is -2.20. The number of Topliss-reactive ketones (excluding diaryl/α,β-unsaturated/α-hetero) is 1. The van der Waals surface area contributed by atoms with Crippen LogP contribution < -0.4 is 10.6 Å². The molecular formula is C29H40N2O5. The van der Waals surface area contributed by atoms with E-state index in [0.717, 1.165) is 11.1 Å². The van der Waals surface area contributed by atoms with E-state index in [-0.39, 0.29) is 30.6 Å². The zero-order valence-corrected chi connectivity index (χ0v) is 21.9. The minimum absolute atomic E-state index is 0.0400. The highest BCUT2D eigenvalue weighted by atomic mass is 16.6. The van der Waals surface area contributed by atoms with E-state index in [1.807, 2.05) is 67.6 Å². The van der Waals surface area contributed by atoms with Gasteiger partial charge in [-0.1, -0.05) is 67.6 Å². The van der Waals surface area contributed by atoms with E-state index in [1.54, 1.807) is 20.8 Å². The maximum Gasteiger partial charge on any atom is 0.407 e. The number of ketones is 1. The molecule has 0 aromatic heterocycles. The molecule has 0 heterocycles. The Kier molecular flexibility index (Phi) is 12.1. The van der Waals surface area contributed by atoms with Gasteiger partial charge in [-0.2, -0.15) is 0 Å². The van der Waals surface area contributed by atoms with Crippen LogP contribution in [0, 0.1) is 5.92 Å². The number of ether oxygens (including phenoxy) is 2. The normalized spacial score (nSPS) is 12.9. The summed E-state index contributed by atoms with van der Waals surface area (Å²) in [7, 11) is 0. The van der Waals surface area contributed by atoms with Gasteiger partial charge in [-0.25, -0.2) is 4.79 Å². The molecule has 0 saturated carbocycles. The first-order valence-corrected chi connectivity index (χ1v) is 12.6. The van der Waals surface area contributed by atoms with Gasteiger partial charge in [0.15, 0.2) is 5.78 Å². The average Bonchev–Trinajstić information content (AvgIpc) is 2.82. The van der Waals surface area contributed by atoms with Crippen molar-refractivity contribution in [3.05, 3.63) is 71.8 Å². The third-order valence-corrected chi connectivity index (χ3v) is 5.49. The second-order valence-corrected chi connectivity index (χ2v) is 10.1. The van der Waals surface area contributed by atoms with Crippen LogP contribution in [-0.2, 0) is 32.1 Å². The van der Waals surface area contributed by atoms with E-state index in [9.17, 15) is 14.4 Å². The molecule has 2 amide bonds. The minimum atomic E-state index is -0.610. The van der Waals surface area contributed by atoms with E-state index in [1.165, 1.54) is 0 Å². The minimum Gasteiger partial charge on any atom is -0.444 e. The van der Waals surface area contributed by atoms with Gasteiger partial charge in [-0.3, -0.25) is 9.59 Å². The quantitative estimate of drug-likeness (QED) is 0.391. The van der Waals surface area contributed by atoms with Crippen molar-refractivity contribution in [1.82, 2.24) is 10.6 Å². The van der Waals surface area contributed by atoms with Gasteiger partial charge in [0.05, 0.1) is 13.2 Å². The topological polar surface area (TPSA) is 93.7 Å². The Labute approximate surface area is 215 Å². The number of rotatable bonds is 14. The molecule has 0 saturated heterocycles. The third kappa shape index (κ3) is 12.5. The van der Waals surface area contributed by atoms with Crippen LogP contribution in [-0.4, -0.2) is 42.6 Å². The Bertz CT molecular complexity index is 898. The zero-order valence-electron chi connectivity index (χ0n) is 21.9. The van der Waals surface area contributed by atoms with Crippen molar-refractivity contribution in [1.29, 1.82) is 0 Å². The summed E-state index contributed by atoms with van der Waals surface area (Å²) in [6.45, 7) is 8.03. The van der Waals surface area contributed by atoms with Crippen LogP contribution in [0.15, 0.2) is 60.7 Å². The summed E-state index contributed by atoms with van der Waals surface area (Å²) in [6, 6.07) is 19.7. The molecule has 0 spiro atoms. The average molecular weight is 497 g/mol. The molecule has 2 atom stereocenters. The molecule has 2 rings (SSSR count). The molecule has 0 bridgehead atoms. The van der Waals surface area contributed by atoms with Gasteiger partial charge in [0.25, 0.3) is 0 Å². The number of alkyl carbamates (subject to hydrolysis) is 1. The summed E-state index contributed by atoms with van der Waals surface area (Å²) in [5, 5.41) is 5.44. The van der Waals surface area contributed by atoms with Crippen molar-refractivity contribution in [3.63, 3.8) is 0 Å². The fourth-order valence-electron chi connectivity index (χ4n) is 3.58. The summed E-state index contributed by atoms with van der Waals surface area (Å²) in [4.78, 5) is 37.1. The van der Waals surface area contributed by atoms with Gasteiger partial charge in [0.1, 0.15) is 11.7 Å². The summed E-state index contributed by atoms with van der Waals surface area (Å²) in [5.74, 6) is -0.300. The van der Waals surface area contributed by atoms with Crippen LogP contribution >= 0.6 is 0 Å². The maximum atomic E-state index is 12.9. The Morgan fingerprint density at radius 2 is 1.47 bits per heavy atom. The van der Waals surface area contributed by atoms with Crippen molar-refractivity contribution in [3.8, 4) is 0 Å². The van der Waals surface area contributed by atoms with E-state index >= 15 is 0 Å². The van der Waals surface area contributed by atoms with E-state index in [0.29, 0.717) is 32.4 Å². The molecule has 0 fully saturated rings. The molecular weight excluding hydrogens is 456 g/mol. The number of hydrogen-bond acceptors (Lipinski definition) is 5. The largest absolute Gasteiger partial charge is 0.444 e. The second kappa shape index (κ2) is 15.0. The molecule has 2 aromatic carbocycles. The highest BCUT2D eigenvalue weighted by Crippen LogP contribution is 2.12. The lowest BCUT2D eigenvalue weighted by atomic mass is 10.0. The highest BCUT2D eigenvalue weighted by molar-refractivity contribution is 5.89. The van der Waals surface area contributed by atoms with Gasteiger partial charge < -0.3 is 20.1 Å². The first-order chi connectivity index (χ1) is 17.1. The van der Waals surface area contributed by atoms with Crippen LogP contribution in [0.5, 0.6) is 0 Å². The molecule has 2 unspecified atom stereocenters. The fraction of sp³-hybridized carbons (Fsp3) is 0.483. The van der Waals surface area contributed by atoms with Crippen molar-refractivity contribution in [2.45, 2.75) is 71.7 Å². The lowest BCUT2D eigenvalue weighted by molar-refractivity contribution is -0.133. The second-order valence-electron chi connectivity index (χ2n) is 10.1. The molecule has 0 aliphatic rings. The lowest BCUT2D eigenvalue weighted by Crippen LogP contribution is -2.37. The number of carbonyl (C=O) groups excluding carboxylic acids is 3. The SMILES string of the molecule is CC(CCNC(=O)OC(C)(C)C)CC(=O)NCC(=O)C(CCc1ccccc1)OCc1ccccc1. The predicted octanol–water partition coefficient (Wildman–Crippen LogP) is 4.83. The zero-order chi connectivity index (χ0) is 26.4. The Morgan fingerprint density at radius 1 is 0.861 bits per heavy atom. The Hall–Kier alpha value is -3.19. The Morgan fingerprint density at radius 3 is 2.08 bits per heavy atom. The summed E-state index contributed by atoms with van der Waals surface area (Å²) >= 11 is 0. The van der Waals surface area contributed by atoms with Gasteiger partial charge in [0.2, 0.25) is 5.91 Å². The third-order valence-electron chi connectivity index (χ3n) is 5.49. The first-order valence-electron chi connectivity index (χ1n) is 12.6. The first kappa shape index (κ1) is 29.0. The van der Waals surface area contributed by atoms with Crippen molar-refractivity contribution in [2.75, 3.05) is 13.1 Å². The molecule has 0 radical (unpaired) electrons. The van der Waals surface area contributed by atoms with E-state index < -0.39 is 17.8 Å². The summed E-state index contributed by atoms with van der Waals surface area (Å²) in [5.41, 5.74) is 1.58. The molecule has 0 aliphatic heterocycles. The molecule has 2 aromatic rings. The number of aryl methyl sites for hydroxylation is 1. The summed E-state index contributed by atoms with van der Waals surface area (Å²) < 4.78 is 11.2. The monoisotopic (exact) mass is 496 g/mol. The van der Waals surface area contributed by atoms with Crippen LogP contribution in [0.4, 0.5) is 4.79 Å². The maximum absolute atomic E-state index is 12.9. The summed E-state index contributed by atoms with van der Waals surface area (Å²) in [6.07, 6.45) is 1.06. The van der Waals surface area contributed by atoms with Crippen LogP contribution in [0.2, 0.25) is 0 Å². The number of nitrogens with one attached hydrogen (secondary N) is 2. The molecule has 7 heteroatoms. The fourth-order valence-corrected chi connectivity index (χ4v) is 3.58. The van der Waals surface area contributed by atoms with Crippen molar-refractivity contribution >= 4 is 17.8 Å². The van der Waals surface area contributed by atoms with Gasteiger partial charge >= 0.3 is 6.09 Å². The van der Waals surface area contributed by atoms with Crippen LogP contribution in [0.3, 0.4) is 0 Å². The van der Waals surface area contributed by atoms with Gasteiger partial charge in [-0.05, 0) is 57.1 Å². The van der Waals surface area contributed by atoms with E-state index in [2.05, 4.69) is 10.6 Å². The smallest absolute Gasteiger partial charge is 0.407 e. The number of amides is 2. The molecule has 7 nitrogen and oxygen atoms in total. The number of benzene rings is 2. The van der Waals surface area contributed by atoms with Crippen molar-refractivity contribution in [2.24, 2.45) is 5.92 Å². The van der Waals surface area contributed by atoms with Gasteiger partial charge in [-0.15, -0.1) is 0 Å². The molecule has 196 valence electrons. The molecule has 0 aliphatic carbocycles. The standard InChI is InChI=1S/C29H40N2O5/c1-22(17-18-30-28(34)36-29(2,3)4)19-27(33)31-20-25(32)26(16-15-23-11-7-5-8-12-23)35-21-24-13-9-6-10-14-24/h5-14,22,26H,15-21H2,1-4H3,(H,30,34)(H,31,33). The predicted molar refractivity (Wildman–Crippen MR) is 140 cm³/mol. The number of hydrogen-bond donors (Lipinski definition) is 2. The van der Waals surface area contributed by atoms with Crippen LogP contribution in [0.25, 0.3) is 0 Å². The number of carbonyl (C=O) groups is 3. The van der Waals surface area contributed by atoms with E-state index in [4.69, 9.17) is 9.47 Å². The van der Waals surface area contributed by atoms with Gasteiger partial charge in [0, 0.05) is 13.0 Å². The Balaban J connectivity index is 1.78. The highest BCUT2D eigenvalue weighted by Gasteiger charge is 2.21. The van der Waals surface area contributed by atoms with Crippen LogP contribution in [0.1, 0.15) is 58.1 Å².